The monoisotopic (exact) mass is 316 g/mol. The van der Waals surface area contributed by atoms with Gasteiger partial charge in [0.25, 0.3) is 0 Å². The summed E-state index contributed by atoms with van der Waals surface area (Å²) in [5, 5.41) is 10.3. The van der Waals surface area contributed by atoms with Crippen LogP contribution in [0.25, 0.3) is 0 Å². The Balaban J connectivity index is 1.84. The first kappa shape index (κ1) is 18.0. The van der Waals surface area contributed by atoms with Crippen molar-refractivity contribution in [3.63, 3.8) is 0 Å². The molecule has 3 nitrogen and oxygen atoms in total. The molecule has 1 aliphatic rings. The van der Waals surface area contributed by atoms with E-state index in [1.54, 1.807) is 0 Å². The molecule has 1 heterocycles. The number of benzene rings is 1. The van der Waals surface area contributed by atoms with E-state index in [1.807, 2.05) is 30.3 Å². The van der Waals surface area contributed by atoms with Gasteiger partial charge in [-0.15, -0.1) is 5.92 Å². The van der Waals surface area contributed by atoms with Gasteiger partial charge in [-0.3, -0.25) is 0 Å². The fraction of sp³-hybridized carbons (Fsp3) is 0.600. The fourth-order valence-electron chi connectivity index (χ4n) is 2.75. The van der Waals surface area contributed by atoms with Gasteiger partial charge in [0.1, 0.15) is 12.2 Å². The molecule has 1 N–H and O–H groups in total. The van der Waals surface area contributed by atoms with Crippen LogP contribution < -0.4 is 0 Å². The van der Waals surface area contributed by atoms with E-state index in [9.17, 15) is 5.11 Å². The molecule has 1 unspecified atom stereocenters. The van der Waals surface area contributed by atoms with Gasteiger partial charge in [0.05, 0.1) is 12.7 Å². The molecule has 3 atom stereocenters. The first-order valence-corrected chi connectivity index (χ1v) is 8.75. The number of aliphatic hydroxyl groups excluding tert-OH is 1. The highest BCUT2D eigenvalue weighted by Gasteiger charge is 2.32. The maximum atomic E-state index is 10.3. The average molecular weight is 316 g/mol. The molecule has 0 saturated carbocycles. The van der Waals surface area contributed by atoms with E-state index >= 15 is 0 Å². The van der Waals surface area contributed by atoms with Gasteiger partial charge in [-0.25, -0.2) is 0 Å². The van der Waals surface area contributed by atoms with E-state index in [1.165, 1.54) is 12.8 Å². The van der Waals surface area contributed by atoms with Crippen molar-refractivity contribution >= 4 is 0 Å². The van der Waals surface area contributed by atoms with Crippen LogP contribution in [0.15, 0.2) is 30.3 Å². The van der Waals surface area contributed by atoms with Crippen molar-refractivity contribution < 1.29 is 14.6 Å². The zero-order valence-corrected chi connectivity index (χ0v) is 14.0. The Morgan fingerprint density at radius 1 is 1.30 bits per heavy atom. The van der Waals surface area contributed by atoms with Gasteiger partial charge in [0.2, 0.25) is 0 Å². The van der Waals surface area contributed by atoms with E-state index in [0.717, 1.165) is 31.2 Å². The van der Waals surface area contributed by atoms with E-state index in [2.05, 4.69) is 18.8 Å². The van der Waals surface area contributed by atoms with Crippen molar-refractivity contribution in [2.75, 3.05) is 6.61 Å². The van der Waals surface area contributed by atoms with Crippen LogP contribution in [-0.4, -0.2) is 30.0 Å². The number of unbranched alkanes of at least 4 members (excludes halogenated alkanes) is 3. The van der Waals surface area contributed by atoms with Crippen LogP contribution in [0.5, 0.6) is 0 Å². The molecule has 1 aliphatic heterocycles. The van der Waals surface area contributed by atoms with Crippen LogP contribution >= 0.6 is 0 Å². The summed E-state index contributed by atoms with van der Waals surface area (Å²) in [6.45, 7) is 3.39. The second kappa shape index (κ2) is 10.4. The molecule has 0 aromatic heterocycles. The maximum Gasteiger partial charge on any atom is 0.143 e. The largest absolute Gasteiger partial charge is 0.378 e. The first-order valence-electron chi connectivity index (χ1n) is 8.75. The summed E-state index contributed by atoms with van der Waals surface area (Å²) >= 11 is 0. The number of aliphatic hydroxyl groups is 1. The normalized spacial score (nSPS) is 22.2. The van der Waals surface area contributed by atoms with Crippen LogP contribution in [-0.2, 0) is 16.1 Å². The van der Waals surface area contributed by atoms with Crippen molar-refractivity contribution in [3.05, 3.63) is 35.9 Å². The molecule has 0 amide bonds. The van der Waals surface area contributed by atoms with Crippen molar-refractivity contribution in [3.8, 4) is 11.8 Å². The number of hydrogen-bond donors (Lipinski definition) is 1. The van der Waals surface area contributed by atoms with Gasteiger partial charge in [0, 0.05) is 13.0 Å². The molecule has 1 saturated heterocycles. The van der Waals surface area contributed by atoms with Gasteiger partial charge in [-0.05, 0) is 24.8 Å². The molecule has 1 aromatic rings. The van der Waals surface area contributed by atoms with Crippen molar-refractivity contribution in [1.29, 1.82) is 0 Å². The minimum atomic E-state index is -0.766. The molecule has 3 heteroatoms. The predicted molar refractivity (Wildman–Crippen MR) is 91.9 cm³/mol. The van der Waals surface area contributed by atoms with Crippen molar-refractivity contribution in [1.82, 2.24) is 0 Å². The van der Waals surface area contributed by atoms with E-state index in [4.69, 9.17) is 9.47 Å². The predicted octanol–water partition coefficient (Wildman–Crippen LogP) is 3.70. The van der Waals surface area contributed by atoms with Crippen LogP contribution in [0.1, 0.15) is 51.0 Å². The summed E-state index contributed by atoms with van der Waals surface area (Å²) in [6, 6.07) is 10.1. The molecular weight excluding hydrogens is 288 g/mol. The second-order valence-electron chi connectivity index (χ2n) is 6.04. The van der Waals surface area contributed by atoms with Gasteiger partial charge in [-0.2, -0.15) is 0 Å². The van der Waals surface area contributed by atoms with Crippen LogP contribution in [0, 0.1) is 11.8 Å². The third-order valence-corrected chi connectivity index (χ3v) is 4.08. The smallest absolute Gasteiger partial charge is 0.143 e. The summed E-state index contributed by atoms with van der Waals surface area (Å²) in [4.78, 5) is 0. The lowest BCUT2D eigenvalue weighted by Crippen LogP contribution is -2.43. The molecule has 0 aliphatic carbocycles. The highest BCUT2D eigenvalue weighted by molar-refractivity contribution is 5.14. The minimum absolute atomic E-state index is 0.0936. The Morgan fingerprint density at radius 2 is 2.13 bits per heavy atom. The quantitative estimate of drug-likeness (QED) is 0.616. The molecule has 0 radical (unpaired) electrons. The van der Waals surface area contributed by atoms with Crippen molar-refractivity contribution in [2.24, 2.45) is 0 Å². The average Bonchev–Trinajstić information content (AvgIpc) is 2.61. The molecule has 1 aromatic carbocycles. The molecular formula is C20H28O3. The number of rotatable bonds is 7. The van der Waals surface area contributed by atoms with Crippen LogP contribution in [0.2, 0.25) is 0 Å². The second-order valence-corrected chi connectivity index (χ2v) is 6.04. The van der Waals surface area contributed by atoms with E-state index in [-0.39, 0.29) is 12.2 Å². The zero-order chi connectivity index (χ0) is 16.3. The maximum absolute atomic E-state index is 10.3. The number of ether oxygens (including phenoxy) is 2. The Hall–Kier alpha value is -1.34. The van der Waals surface area contributed by atoms with Gasteiger partial charge in [0.15, 0.2) is 0 Å². The minimum Gasteiger partial charge on any atom is -0.378 e. The lowest BCUT2D eigenvalue weighted by Gasteiger charge is -2.33. The summed E-state index contributed by atoms with van der Waals surface area (Å²) in [6.07, 6.45) is 4.98. The van der Waals surface area contributed by atoms with Gasteiger partial charge >= 0.3 is 0 Å². The van der Waals surface area contributed by atoms with Crippen molar-refractivity contribution in [2.45, 2.75) is 70.4 Å². The highest BCUT2D eigenvalue weighted by atomic mass is 16.6. The van der Waals surface area contributed by atoms with Crippen LogP contribution in [0.4, 0.5) is 0 Å². The Kier molecular flexibility index (Phi) is 8.17. The summed E-state index contributed by atoms with van der Waals surface area (Å²) in [5.41, 5.74) is 1.14. The van der Waals surface area contributed by atoms with Crippen LogP contribution in [0.3, 0.4) is 0 Å². The van der Waals surface area contributed by atoms with Gasteiger partial charge < -0.3 is 14.6 Å². The third-order valence-electron chi connectivity index (χ3n) is 4.08. The van der Waals surface area contributed by atoms with Gasteiger partial charge in [-0.1, -0.05) is 56.0 Å². The summed E-state index contributed by atoms with van der Waals surface area (Å²) < 4.78 is 11.7. The fourth-order valence-corrected chi connectivity index (χ4v) is 2.75. The Bertz CT molecular complexity index is 489. The SMILES string of the molecule is CCCCCC#CC(O)[C@H]1OCCC[C@@H]1OCc1ccccc1. The Labute approximate surface area is 140 Å². The summed E-state index contributed by atoms with van der Waals surface area (Å²) in [5.74, 6) is 6.02. The number of hydrogen-bond acceptors (Lipinski definition) is 3. The highest BCUT2D eigenvalue weighted by Crippen LogP contribution is 2.21. The standard InChI is InChI=1S/C20H28O3/c1-2-3-4-5-9-13-18(21)20-19(14-10-15-22-20)23-16-17-11-7-6-8-12-17/h6-8,11-12,18-21H,2-5,10,14-16H2,1H3/t18?,19-,20+/m0/s1. The lowest BCUT2D eigenvalue weighted by atomic mass is 10.0. The molecule has 0 spiro atoms. The summed E-state index contributed by atoms with van der Waals surface area (Å²) in [7, 11) is 0. The lowest BCUT2D eigenvalue weighted by molar-refractivity contribution is -0.140. The molecule has 0 bridgehead atoms. The van der Waals surface area contributed by atoms with E-state index in [0.29, 0.717) is 13.2 Å². The third kappa shape index (κ3) is 6.35. The topological polar surface area (TPSA) is 38.7 Å². The molecule has 23 heavy (non-hydrogen) atoms. The Morgan fingerprint density at radius 3 is 2.91 bits per heavy atom. The van der Waals surface area contributed by atoms with E-state index < -0.39 is 6.10 Å². The first-order chi connectivity index (χ1) is 11.3. The molecule has 1 fully saturated rings. The molecule has 2 rings (SSSR count). The zero-order valence-electron chi connectivity index (χ0n) is 14.0. The molecule has 126 valence electrons.